The molecule has 68 heavy (non-hydrogen) atoms. The Kier molecular flexibility index (Phi) is 14.7. The average molecular weight is 929 g/mol. The lowest BCUT2D eigenvalue weighted by molar-refractivity contribution is 0.101. The molecule has 0 heterocycles. The summed E-state index contributed by atoms with van der Waals surface area (Å²) in [5.41, 5.74) is 2.38. The lowest BCUT2D eigenvalue weighted by atomic mass is 9.91. The zero-order valence-corrected chi connectivity index (χ0v) is 39.1. The summed E-state index contributed by atoms with van der Waals surface area (Å²) >= 11 is 0. The molecule has 0 aliphatic heterocycles. The average Bonchev–Trinajstić information content (AvgIpc) is 3.38. The number of carbonyl (C=O) groups is 2. The Bertz CT molecular complexity index is 2740. The van der Waals surface area contributed by atoms with Crippen LogP contribution in [-0.4, -0.2) is 46.5 Å². The molecule has 1 aliphatic carbocycles. The predicted molar refractivity (Wildman–Crippen MR) is 284 cm³/mol. The highest BCUT2D eigenvalue weighted by Crippen LogP contribution is 2.35. The summed E-state index contributed by atoms with van der Waals surface area (Å²) in [4.78, 5) is 36.9. The van der Waals surface area contributed by atoms with E-state index in [0.29, 0.717) is 22.5 Å². The Morgan fingerprint density at radius 1 is 0.412 bits per heavy atom. The maximum atomic E-state index is 13.6. The van der Waals surface area contributed by atoms with E-state index in [4.69, 9.17) is 9.98 Å². The van der Waals surface area contributed by atoms with Gasteiger partial charge in [-0.15, -0.1) is 0 Å². The van der Waals surface area contributed by atoms with Gasteiger partial charge in [0, 0.05) is 34.9 Å². The standard InChI is InChI=1S/C58H50N4O4P2/c63-55-41(17-15-27-51(55)57(65)61-43-31-35-49(36-32-43)67(45-19-5-1-6-20-45)46-21-7-2-8-22-46)39-59-53-29-13-14-30-54(53)60-40-42-18-16-28-52(56(42)64)58(66)62-44-33-37-50(38-34-44)68(47-23-9-3-10-24-47)48-25-11-4-12-26-48/h1-12,15-28,31-40,53-54,63-64H,13-14,29-30H2,(H,61,65)(H,62,66)/t53-,54-/m1/s1. The maximum absolute atomic E-state index is 13.6. The molecule has 0 radical (unpaired) electrons. The van der Waals surface area contributed by atoms with Gasteiger partial charge in [0.15, 0.2) is 0 Å². The van der Waals surface area contributed by atoms with Gasteiger partial charge in [0.25, 0.3) is 11.8 Å². The van der Waals surface area contributed by atoms with Crippen molar-refractivity contribution >= 4 is 83.3 Å². The van der Waals surface area contributed by atoms with Crippen molar-refractivity contribution in [3.63, 3.8) is 0 Å². The van der Waals surface area contributed by atoms with Crippen molar-refractivity contribution in [3.8, 4) is 11.5 Å². The molecule has 4 N–H and O–H groups in total. The van der Waals surface area contributed by atoms with Crippen LogP contribution in [0.25, 0.3) is 0 Å². The molecule has 0 saturated heterocycles. The topological polar surface area (TPSA) is 123 Å². The van der Waals surface area contributed by atoms with Gasteiger partial charge in [-0.25, -0.2) is 0 Å². The van der Waals surface area contributed by atoms with E-state index in [1.165, 1.54) is 21.2 Å². The third kappa shape index (κ3) is 10.9. The number of rotatable bonds is 14. The summed E-state index contributed by atoms with van der Waals surface area (Å²) in [6.07, 6.45) is 6.77. The van der Waals surface area contributed by atoms with Crippen molar-refractivity contribution in [1.82, 2.24) is 0 Å². The van der Waals surface area contributed by atoms with Gasteiger partial charge in [-0.3, -0.25) is 19.6 Å². The van der Waals surface area contributed by atoms with Gasteiger partial charge in [-0.1, -0.05) is 171 Å². The number of benzene rings is 8. The molecule has 0 spiro atoms. The highest BCUT2D eigenvalue weighted by atomic mass is 31.1. The molecule has 9 rings (SSSR count). The van der Waals surface area contributed by atoms with E-state index in [1.807, 2.05) is 48.5 Å². The first-order valence-electron chi connectivity index (χ1n) is 22.7. The van der Waals surface area contributed by atoms with Gasteiger partial charge in [0.2, 0.25) is 0 Å². The van der Waals surface area contributed by atoms with E-state index in [1.54, 1.807) is 48.8 Å². The van der Waals surface area contributed by atoms with Gasteiger partial charge in [-0.2, -0.15) is 0 Å². The zero-order valence-electron chi connectivity index (χ0n) is 37.3. The number of anilines is 2. The molecule has 1 saturated carbocycles. The van der Waals surface area contributed by atoms with Crippen molar-refractivity contribution in [1.29, 1.82) is 0 Å². The minimum atomic E-state index is -0.787. The third-order valence-corrected chi connectivity index (χ3v) is 16.8. The van der Waals surface area contributed by atoms with E-state index in [2.05, 4.69) is 132 Å². The highest BCUT2D eigenvalue weighted by Gasteiger charge is 2.25. The molecule has 0 unspecified atom stereocenters. The van der Waals surface area contributed by atoms with E-state index < -0.39 is 27.7 Å². The summed E-state index contributed by atoms with van der Waals surface area (Å²) in [5, 5.41) is 35.8. The Morgan fingerprint density at radius 3 is 1.04 bits per heavy atom. The first kappa shape index (κ1) is 45.6. The van der Waals surface area contributed by atoms with Crippen LogP contribution in [0.2, 0.25) is 0 Å². The molecular formula is C58H50N4O4P2. The van der Waals surface area contributed by atoms with Crippen molar-refractivity contribution in [3.05, 3.63) is 229 Å². The predicted octanol–water partition coefficient (Wildman–Crippen LogP) is 9.97. The molecule has 1 aliphatic rings. The van der Waals surface area contributed by atoms with Crippen molar-refractivity contribution in [2.24, 2.45) is 9.98 Å². The number of aromatic hydroxyl groups is 2. The number of amides is 2. The molecule has 2 amide bonds. The fourth-order valence-electron chi connectivity index (χ4n) is 8.48. The number of nitrogens with zero attached hydrogens (tertiary/aromatic N) is 2. The van der Waals surface area contributed by atoms with E-state index >= 15 is 0 Å². The van der Waals surface area contributed by atoms with Gasteiger partial charge in [0.1, 0.15) is 11.5 Å². The number of carbonyl (C=O) groups excluding carboxylic acids is 2. The van der Waals surface area contributed by atoms with Crippen LogP contribution in [0.3, 0.4) is 0 Å². The largest absolute Gasteiger partial charge is 0.506 e. The van der Waals surface area contributed by atoms with Crippen LogP contribution in [0.15, 0.2) is 216 Å². The summed E-state index contributed by atoms with van der Waals surface area (Å²) < 4.78 is 0. The number of para-hydroxylation sites is 2. The van der Waals surface area contributed by atoms with Crippen molar-refractivity contribution < 1.29 is 19.8 Å². The number of hydrogen-bond donors (Lipinski definition) is 4. The third-order valence-electron chi connectivity index (χ3n) is 12.0. The molecule has 8 aromatic rings. The van der Waals surface area contributed by atoms with Crippen LogP contribution in [0, 0.1) is 0 Å². The Morgan fingerprint density at radius 2 is 0.721 bits per heavy atom. The quantitative estimate of drug-likeness (QED) is 0.0641. The summed E-state index contributed by atoms with van der Waals surface area (Å²) in [6, 6.07) is 67.3. The number of nitrogens with one attached hydrogen (secondary N) is 2. The fraction of sp³-hybridized carbons (Fsp3) is 0.103. The first-order valence-corrected chi connectivity index (χ1v) is 25.4. The second-order valence-electron chi connectivity index (χ2n) is 16.5. The summed E-state index contributed by atoms with van der Waals surface area (Å²) in [5.74, 6) is -1.16. The van der Waals surface area contributed by atoms with Gasteiger partial charge in [0.05, 0.1) is 23.2 Å². The van der Waals surface area contributed by atoms with Crippen LogP contribution >= 0.6 is 15.8 Å². The minimum Gasteiger partial charge on any atom is -0.506 e. The van der Waals surface area contributed by atoms with Crippen molar-refractivity contribution in [2.45, 2.75) is 37.8 Å². The molecule has 1 fully saturated rings. The SMILES string of the molecule is O=C(Nc1ccc(P(c2ccccc2)c2ccccc2)cc1)c1cccc(C=N[C@@H]2CCCC[C@H]2N=Cc2cccc(C(=O)Nc3ccc(P(c4ccccc4)c4ccccc4)cc3)c2O)c1O. The number of hydrogen-bond acceptors (Lipinski definition) is 6. The molecule has 10 heteroatoms. The maximum Gasteiger partial charge on any atom is 0.259 e. The normalized spacial score (nSPS) is 14.9. The molecular weight excluding hydrogens is 879 g/mol. The smallest absolute Gasteiger partial charge is 0.259 e. The van der Waals surface area contributed by atoms with E-state index in [9.17, 15) is 19.8 Å². The number of phenolic OH excluding ortho intramolecular Hbond substituents is 2. The van der Waals surface area contributed by atoms with Crippen LogP contribution in [-0.2, 0) is 0 Å². The lowest BCUT2D eigenvalue weighted by Gasteiger charge is -2.25. The monoisotopic (exact) mass is 928 g/mol. The van der Waals surface area contributed by atoms with E-state index in [0.717, 1.165) is 36.3 Å². The highest BCUT2D eigenvalue weighted by molar-refractivity contribution is 7.80. The lowest BCUT2D eigenvalue weighted by Crippen LogP contribution is -2.27. The van der Waals surface area contributed by atoms with Crippen LogP contribution < -0.4 is 42.5 Å². The Hall–Kier alpha value is -7.50. The molecule has 0 aromatic heterocycles. The van der Waals surface area contributed by atoms with Gasteiger partial charge < -0.3 is 20.8 Å². The summed E-state index contributed by atoms with van der Waals surface area (Å²) in [6.45, 7) is 0. The second-order valence-corrected chi connectivity index (χ2v) is 20.9. The molecule has 0 bridgehead atoms. The number of aliphatic imine (C=N–C) groups is 2. The van der Waals surface area contributed by atoms with Crippen LogP contribution in [0.4, 0.5) is 11.4 Å². The molecule has 336 valence electrons. The van der Waals surface area contributed by atoms with Crippen LogP contribution in [0.1, 0.15) is 57.5 Å². The Balaban J connectivity index is 0.847. The van der Waals surface area contributed by atoms with Gasteiger partial charge in [-0.05, 0) is 109 Å². The van der Waals surface area contributed by atoms with Gasteiger partial charge >= 0.3 is 0 Å². The van der Waals surface area contributed by atoms with Crippen molar-refractivity contribution in [2.75, 3.05) is 10.6 Å². The second kappa shape index (κ2) is 21.9. The minimum absolute atomic E-state index is 0.143. The zero-order chi connectivity index (χ0) is 46.7. The fourth-order valence-corrected chi connectivity index (χ4v) is 13.0. The summed E-state index contributed by atoms with van der Waals surface area (Å²) in [7, 11) is -1.57. The molecule has 8 aromatic carbocycles. The van der Waals surface area contributed by atoms with Crippen LogP contribution in [0.5, 0.6) is 11.5 Å². The number of phenols is 2. The first-order chi connectivity index (χ1) is 33.4. The molecule has 2 atom stereocenters. The Labute approximate surface area is 399 Å². The molecule has 8 nitrogen and oxygen atoms in total. The van der Waals surface area contributed by atoms with E-state index in [-0.39, 0.29) is 34.7 Å².